The molecular formula is C10H6FIN2O. The smallest absolute Gasteiger partial charge is 0.167 e. The fourth-order valence-electron chi connectivity index (χ4n) is 1.21. The van der Waals surface area contributed by atoms with E-state index in [9.17, 15) is 9.18 Å². The van der Waals surface area contributed by atoms with E-state index in [1.54, 1.807) is 12.1 Å². The maximum atomic E-state index is 13.4. The summed E-state index contributed by atoms with van der Waals surface area (Å²) in [6.45, 7) is 0. The van der Waals surface area contributed by atoms with Crippen molar-refractivity contribution in [2.75, 3.05) is 0 Å². The molecule has 0 saturated heterocycles. The van der Waals surface area contributed by atoms with E-state index in [2.05, 4.69) is 32.6 Å². The van der Waals surface area contributed by atoms with E-state index < -0.39 is 0 Å². The van der Waals surface area contributed by atoms with Crippen molar-refractivity contribution in [1.82, 2.24) is 9.97 Å². The van der Waals surface area contributed by atoms with Gasteiger partial charge < -0.3 is 4.98 Å². The van der Waals surface area contributed by atoms with Crippen LogP contribution in [0.1, 0.15) is 10.5 Å². The van der Waals surface area contributed by atoms with Gasteiger partial charge in [0.15, 0.2) is 6.29 Å². The molecular weight excluding hydrogens is 310 g/mol. The Morgan fingerprint density at radius 2 is 2.27 bits per heavy atom. The Bertz CT molecular complexity index is 510. The molecule has 5 heteroatoms. The summed E-state index contributed by atoms with van der Waals surface area (Å²) in [4.78, 5) is 17.1. The molecule has 1 N–H and O–H groups in total. The third-order valence-electron chi connectivity index (χ3n) is 1.91. The van der Waals surface area contributed by atoms with Gasteiger partial charge in [0.2, 0.25) is 0 Å². The van der Waals surface area contributed by atoms with Gasteiger partial charge in [0, 0.05) is 3.57 Å². The Balaban J connectivity index is 2.52. The van der Waals surface area contributed by atoms with Gasteiger partial charge in [-0.1, -0.05) is 0 Å². The van der Waals surface area contributed by atoms with Gasteiger partial charge in [-0.25, -0.2) is 9.37 Å². The van der Waals surface area contributed by atoms with Gasteiger partial charge >= 0.3 is 0 Å². The molecule has 0 unspecified atom stereocenters. The van der Waals surface area contributed by atoms with Crippen molar-refractivity contribution < 1.29 is 9.18 Å². The molecule has 0 aliphatic heterocycles. The lowest BCUT2D eigenvalue weighted by Gasteiger charge is -1.99. The number of nitrogens with one attached hydrogen (secondary N) is 1. The Kier molecular flexibility index (Phi) is 2.81. The topological polar surface area (TPSA) is 45.8 Å². The van der Waals surface area contributed by atoms with Crippen LogP contribution in [0.4, 0.5) is 4.39 Å². The number of carbonyl (C=O) groups excluding carboxylic acids is 1. The highest BCUT2D eigenvalue weighted by Gasteiger charge is 2.08. The van der Waals surface area contributed by atoms with Crippen LogP contribution < -0.4 is 0 Å². The van der Waals surface area contributed by atoms with Gasteiger partial charge in [-0.3, -0.25) is 4.79 Å². The van der Waals surface area contributed by atoms with Crippen molar-refractivity contribution in [1.29, 1.82) is 0 Å². The van der Waals surface area contributed by atoms with E-state index in [-0.39, 0.29) is 5.82 Å². The van der Waals surface area contributed by atoms with Crippen LogP contribution in [0, 0.1) is 9.39 Å². The Hall–Kier alpha value is -1.24. The van der Waals surface area contributed by atoms with E-state index >= 15 is 0 Å². The fraction of sp³-hybridized carbons (Fsp3) is 0. The molecule has 2 aromatic rings. The summed E-state index contributed by atoms with van der Waals surface area (Å²) in [5, 5.41) is 0. The average Bonchev–Trinajstić information content (AvgIpc) is 2.70. The maximum absolute atomic E-state index is 13.4. The number of aromatic nitrogens is 2. The van der Waals surface area contributed by atoms with E-state index in [1.807, 2.05) is 0 Å². The van der Waals surface area contributed by atoms with Gasteiger partial charge in [0.25, 0.3) is 0 Å². The molecule has 3 nitrogen and oxygen atoms in total. The number of imidazole rings is 1. The second-order valence-corrected chi connectivity index (χ2v) is 4.17. The number of benzene rings is 1. The van der Waals surface area contributed by atoms with Crippen molar-refractivity contribution in [3.63, 3.8) is 0 Å². The minimum absolute atomic E-state index is 0.336. The van der Waals surface area contributed by atoms with Crippen molar-refractivity contribution >= 4 is 28.9 Å². The van der Waals surface area contributed by atoms with Crippen molar-refractivity contribution in [2.24, 2.45) is 0 Å². The zero-order valence-corrected chi connectivity index (χ0v) is 9.66. The highest BCUT2D eigenvalue weighted by molar-refractivity contribution is 14.1. The van der Waals surface area contributed by atoms with Crippen molar-refractivity contribution in [2.45, 2.75) is 0 Å². The summed E-state index contributed by atoms with van der Waals surface area (Å²) in [5.41, 5.74) is 0.707. The predicted octanol–water partition coefficient (Wildman–Crippen LogP) is 2.63. The number of rotatable bonds is 2. The van der Waals surface area contributed by atoms with Crippen molar-refractivity contribution in [3.8, 4) is 11.4 Å². The SMILES string of the molecule is O=Cc1cnc(-c2cc(I)ccc2F)[nH]1. The Morgan fingerprint density at radius 1 is 1.47 bits per heavy atom. The van der Waals surface area contributed by atoms with Gasteiger partial charge in [-0.05, 0) is 40.8 Å². The Labute approximate surface area is 98.9 Å². The summed E-state index contributed by atoms with van der Waals surface area (Å²) in [5.74, 6) is 0.00957. The van der Waals surface area contributed by atoms with Crippen LogP contribution in [0.5, 0.6) is 0 Å². The number of aromatic amines is 1. The minimum atomic E-state index is -0.359. The van der Waals surface area contributed by atoms with E-state index in [0.717, 1.165) is 3.57 Å². The summed E-state index contributed by atoms with van der Waals surface area (Å²) >= 11 is 2.09. The van der Waals surface area contributed by atoms with Crippen LogP contribution in [0.2, 0.25) is 0 Å². The lowest BCUT2D eigenvalue weighted by Crippen LogP contribution is -1.88. The summed E-state index contributed by atoms with van der Waals surface area (Å²) in [6.07, 6.45) is 2.02. The summed E-state index contributed by atoms with van der Waals surface area (Å²) in [6, 6.07) is 4.71. The minimum Gasteiger partial charge on any atom is -0.336 e. The highest BCUT2D eigenvalue weighted by Crippen LogP contribution is 2.21. The number of aldehydes is 1. The van der Waals surface area contributed by atoms with E-state index in [4.69, 9.17) is 0 Å². The number of hydrogen-bond acceptors (Lipinski definition) is 2. The molecule has 0 radical (unpaired) electrons. The van der Waals surface area contributed by atoms with Crippen LogP contribution in [0.25, 0.3) is 11.4 Å². The van der Waals surface area contributed by atoms with Crippen LogP contribution in [-0.4, -0.2) is 16.3 Å². The standard InChI is InChI=1S/C10H6FIN2O/c11-9-2-1-6(12)3-8(9)10-13-4-7(5-15)14-10/h1-5H,(H,13,14). The number of H-pyrrole nitrogens is 1. The first-order chi connectivity index (χ1) is 7.20. The average molecular weight is 316 g/mol. The molecule has 0 spiro atoms. The molecule has 0 atom stereocenters. The van der Waals surface area contributed by atoms with Crippen molar-refractivity contribution in [3.05, 3.63) is 39.5 Å². The van der Waals surface area contributed by atoms with E-state index in [1.165, 1.54) is 12.3 Å². The first-order valence-corrected chi connectivity index (χ1v) is 5.24. The van der Waals surface area contributed by atoms with Crippen LogP contribution in [0.15, 0.2) is 24.4 Å². The molecule has 2 rings (SSSR count). The molecule has 15 heavy (non-hydrogen) atoms. The largest absolute Gasteiger partial charge is 0.336 e. The fourth-order valence-corrected chi connectivity index (χ4v) is 1.70. The quantitative estimate of drug-likeness (QED) is 0.684. The van der Waals surface area contributed by atoms with Gasteiger partial charge in [-0.2, -0.15) is 0 Å². The number of hydrogen-bond donors (Lipinski definition) is 1. The van der Waals surface area contributed by atoms with Crippen LogP contribution in [-0.2, 0) is 0 Å². The molecule has 0 bridgehead atoms. The molecule has 76 valence electrons. The summed E-state index contributed by atoms with van der Waals surface area (Å²) < 4.78 is 14.3. The molecule has 0 amide bonds. The van der Waals surface area contributed by atoms with E-state index in [0.29, 0.717) is 23.4 Å². The summed E-state index contributed by atoms with van der Waals surface area (Å²) in [7, 11) is 0. The van der Waals surface area contributed by atoms with Crippen LogP contribution in [0.3, 0.4) is 0 Å². The predicted molar refractivity (Wildman–Crippen MR) is 62.1 cm³/mol. The number of carbonyl (C=O) groups is 1. The molecule has 1 aromatic carbocycles. The third-order valence-corrected chi connectivity index (χ3v) is 2.58. The molecule has 0 aliphatic carbocycles. The zero-order chi connectivity index (χ0) is 10.8. The molecule has 1 aromatic heterocycles. The molecule has 0 aliphatic rings. The first-order valence-electron chi connectivity index (χ1n) is 4.16. The maximum Gasteiger partial charge on any atom is 0.167 e. The monoisotopic (exact) mass is 316 g/mol. The molecule has 0 fully saturated rings. The highest BCUT2D eigenvalue weighted by atomic mass is 127. The van der Waals surface area contributed by atoms with Gasteiger partial charge in [-0.15, -0.1) is 0 Å². The lowest BCUT2D eigenvalue weighted by molar-refractivity contribution is 0.111. The normalized spacial score (nSPS) is 10.3. The van der Waals surface area contributed by atoms with Gasteiger partial charge in [0.05, 0.1) is 17.5 Å². The first kappa shape index (κ1) is 10.3. The second kappa shape index (κ2) is 4.09. The third kappa shape index (κ3) is 2.06. The molecule has 1 heterocycles. The van der Waals surface area contributed by atoms with Gasteiger partial charge in [0.1, 0.15) is 11.6 Å². The zero-order valence-electron chi connectivity index (χ0n) is 7.50. The molecule has 0 saturated carbocycles. The van der Waals surface area contributed by atoms with Crippen LogP contribution >= 0.6 is 22.6 Å². The number of halogens is 2. The lowest BCUT2D eigenvalue weighted by atomic mass is 10.2. The second-order valence-electron chi connectivity index (χ2n) is 2.93. The number of nitrogens with zero attached hydrogens (tertiary/aromatic N) is 1. The Morgan fingerprint density at radius 3 is 2.93 bits per heavy atom.